The van der Waals surface area contributed by atoms with Gasteiger partial charge < -0.3 is 19.0 Å². The van der Waals surface area contributed by atoms with Gasteiger partial charge in [0.05, 0.1) is 17.0 Å². The van der Waals surface area contributed by atoms with Gasteiger partial charge in [-0.25, -0.2) is 0 Å². The largest absolute Gasteiger partial charge is 0.457 e. The quantitative estimate of drug-likeness (QED) is 0.338. The number of amides is 1. The molecule has 0 spiro atoms. The van der Waals surface area contributed by atoms with Crippen LogP contribution in [0.2, 0.25) is 0 Å². The SMILES string of the molecule is Cc1cc2oc3c(c(=O)c2cc1C)C(c1cccc(Oc2ccccc2)c1)N(CCCN(C)C)C3=O. The van der Waals surface area contributed by atoms with E-state index in [2.05, 4.69) is 4.90 Å². The predicted molar refractivity (Wildman–Crippen MR) is 141 cm³/mol. The van der Waals surface area contributed by atoms with Crippen molar-refractivity contribution in [3.8, 4) is 11.5 Å². The van der Waals surface area contributed by atoms with Crippen LogP contribution in [-0.4, -0.2) is 42.9 Å². The van der Waals surface area contributed by atoms with E-state index >= 15 is 0 Å². The van der Waals surface area contributed by atoms with E-state index in [1.807, 2.05) is 94.7 Å². The molecule has 1 aliphatic rings. The molecular weight excluding hydrogens is 452 g/mol. The molecule has 0 N–H and O–H groups in total. The van der Waals surface area contributed by atoms with Crippen molar-refractivity contribution in [3.05, 3.63) is 105 Å². The highest BCUT2D eigenvalue weighted by Gasteiger charge is 2.42. The summed E-state index contributed by atoms with van der Waals surface area (Å²) in [5.74, 6) is 1.25. The van der Waals surface area contributed by atoms with E-state index in [-0.39, 0.29) is 17.1 Å². The van der Waals surface area contributed by atoms with Crippen LogP contribution >= 0.6 is 0 Å². The minimum Gasteiger partial charge on any atom is -0.457 e. The smallest absolute Gasteiger partial charge is 0.290 e. The highest BCUT2D eigenvalue weighted by molar-refractivity contribution is 5.99. The Hall–Kier alpha value is -3.90. The maximum atomic E-state index is 13.8. The summed E-state index contributed by atoms with van der Waals surface area (Å²) in [6.07, 6.45) is 0.773. The Labute approximate surface area is 210 Å². The van der Waals surface area contributed by atoms with Gasteiger partial charge in [-0.1, -0.05) is 30.3 Å². The summed E-state index contributed by atoms with van der Waals surface area (Å²) in [5, 5.41) is 0.501. The van der Waals surface area contributed by atoms with Gasteiger partial charge in [0.2, 0.25) is 5.76 Å². The lowest BCUT2D eigenvalue weighted by atomic mass is 9.97. The zero-order valence-corrected chi connectivity index (χ0v) is 21.1. The fraction of sp³-hybridized carbons (Fsp3) is 0.267. The van der Waals surface area contributed by atoms with Gasteiger partial charge in [0.15, 0.2) is 5.43 Å². The topological polar surface area (TPSA) is 63.0 Å². The first-order valence-electron chi connectivity index (χ1n) is 12.2. The van der Waals surface area contributed by atoms with E-state index in [0.717, 1.165) is 35.4 Å². The number of benzene rings is 3. The Bertz CT molecular complexity index is 1490. The molecule has 36 heavy (non-hydrogen) atoms. The summed E-state index contributed by atoms with van der Waals surface area (Å²) in [6, 6.07) is 20.3. The van der Waals surface area contributed by atoms with Crippen LogP contribution in [0.1, 0.15) is 45.3 Å². The Morgan fingerprint density at radius 2 is 1.64 bits per heavy atom. The highest BCUT2D eigenvalue weighted by Crippen LogP contribution is 2.39. The third-order valence-electron chi connectivity index (χ3n) is 6.74. The van der Waals surface area contributed by atoms with E-state index in [1.165, 1.54) is 0 Å². The molecule has 6 heteroatoms. The number of hydrogen-bond acceptors (Lipinski definition) is 5. The molecule has 1 atom stereocenters. The molecule has 0 saturated heterocycles. The van der Waals surface area contributed by atoms with Crippen LogP contribution in [0.15, 0.2) is 75.9 Å². The van der Waals surface area contributed by atoms with Crippen molar-refractivity contribution in [1.29, 1.82) is 0 Å². The molecule has 0 radical (unpaired) electrons. The van der Waals surface area contributed by atoms with Crippen LogP contribution in [0.3, 0.4) is 0 Å². The van der Waals surface area contributed by atoms with E-state index < -0.39 is 6.04 Å². The molecular formula is C30H30N2O4. The average Bonchev–Trinajstić information content (AvgIpc) is 3.13. The monoisotopic (exact) mass is 482 g/mol. The number of carbonyl (C=O) groups excluding carboxylic acids is 1. The average molecular weight is 483 g/mol. The van der Waals surface area contributed by atoms with Gasteiger partial charge in [-0.2, -0.15) is 0 Å². The predicted octanol–water partition coefficient (Wildman–Crippen LogP) is 5.70. The molecule has 3 aromatic carbocycles. The number of aryl methyl sites for hydroxylation is 2. The molecule has 1 aromatic heterocycles. The third-order valence-corrected chi connectivity index (χ3v) is 6.74. The summed E-state index contributed by atoms with van der Waals surface area (Å²) >= 11 is 0. The van der Waals surface area contributed by atoms with Crippen molar-refractivity contribution in [2.75, 3.05) is 27.2 Å². The first-order valence-corrected chi connectivity index (χ1v) is 12.2. The van der Waals surface area contributed by atoms with Crippen LogP contribution in [-0.2, 0) is 0 Å². The van der Waals surface area contributed by atoms with Gasteiger partial charge >= 0.3 is 0 Å². The number of carbonyl (C=O) groups is 1. The van der Waals surface area contributed by atoms with Crippen LogP contribution in [0.5, 0.6) is 11.5 Å². The fourth-order valence-corrected chi connectivity index (χ4v) is 4.78. The summed E-state index contributed by atoms with van der Waals surface area (Å²) in [5.41, 5.74) is 3.54. The number of hydrogen-bond donors (Lipinski definition) is 0. The highest BCUT2D eigenvalue weighted by atomic mass is 16.5. The van der Waals surface area contributed by atoms with E-state index in [4.69, 9.17) is 9.15 Å². The molecule has 6 nitrogen and oxygen atoms in total. The maximum Gasteiger partial charge on any atom is 0.290 e. The normalized spacial score (nSPS) is 15.1. The van der Waals surface area contributed by atoms with Gasteiger partial charge in [-0.3, -0.25) is 9.59 Å². The number of nitrogens with zero attached hydrogens (tertiary/aromatic N) is 2. The van der Waals surface area contributed by atoms with Crippen LogP contribution < -0.4 is 10.2 Å². The van der Waals surface area contributed by atoms with Crippen molar-refractivity contribution >= 4 is 16.9 Å². The first-order chi connectivity index (χ1) is 17.3. The molecule has 0 aliphatic carbocycles. The second-order valence-electron chi connectivity index (χ2n) is 9.65. The Kier molecular flexibility index (Phi) is 6.37. The van der Waals surface area contributed by atoms with E-state index in [1.54, 1.807) is 4.90 Å². The first kappa shape index (κ1) is 23.8. The van der Waals surface area contributed by atoms with Crippen LogP contribution in [0.4, 0.5) is 0 Å². The molecule has 1 amide bonds. The number of fused-ring (bicyclic) bond motifs is 2. The van der Waals surface area contributed by atoms with Crippen molar-refractivity contribution < 1.29 is 13.9 Å². The fourth-order valence-electron chi connectivity index (χ4n) is 4.78. The summed E-state index contributed by atoms with van der Waals surface area (Å²) in [7, 11) is 4.01. The van der Waals surface area contributed by atoms with Gasteiger partial charge in [0.25, 0.3) is 5.91 Å². The summed E-state index contributed by atoms with van der Waals surface area (Å²) in [4.78, 5) is 31.3. The Morgan fingerprint density at radius 1 is 0.917 bits per heavy atom. The summed E-state index contributed by atoms with van der Waals surface area (Å²) in [6.45, 7) is 5.27. The molecule has 0 fully saturated rings. The Balaban J connectivity index is 1.63. The van der Waals surface area contributed by atoms with Gasteiger partial charge in [0.1, 0.15) is 17.1 Å². The van der Waals surface area contributed by atoms with Gasteiger partial charge in [-0.05, 0) is 94.0 Å². The van der Waals surface area contributed by atoms with Crippen LogP contribution in [0, 0.1) is 13.8 Å². The minimum absolute atomic E-state index is 0.139. The zero-order valence-electron chi connectivity index (χ0n) is 21.1. The molecule has 2 heterocycles. The molecule has 4 aromatic rings. The van der Waals surface area contributed by atoms with Crippen molar-refractivity contribution in [2.24, 2.45) is 0 Å². The van der Waals surface area contributed by atoms with Gasteiger partial charge in [-0.15, -0.1) is 0 Å². The van der Waals surface area contributed by atoms with Crippen molar-refractivity contribution in [1.82, 2.24) is 9.80 Å². The standard InChI is InChI=1S/C30H30N2O4/c1-19-16-24-25(17-20(19)2)36-29-26(28(24)33)27(32(30(29)34)15-9-14-31(3)4)21-10-8-13-23(18-21)35-22-11-6-5-7-12-22/h5-8,10-13,16-18,27H,9,14-15H2,1-4H3. The lowest BCUT2D eigenvalue weighted by molar-refractivity contribution is 0.0722. The maximum absolute atomic E-state index is 13.8. The number of ether oxygens (including phenoxy) is 1. The second kappa shape index (κ2) is 9.63. The van der Waals surface area contributed by atoms with Crippen molar-refractivity contribution in [2.45, 2.75) is 26.3 Å². The third kappa shape index (κ3) is 4.40. The lowest BCUT2D eigenvalue weighted by Gasteiger charge is -2.26. The molecule has 1 unspecified atom stereocenters. The molecule has 184 valence electrons. The van der Waals surface area contributed by atoms with E-state index in [9.17, 15) is 9.59 Å². The number of rotatable bonds is 7. The molecule has 0 bridgehead atoms. The Morgan fingerprint density at radius 3 is 2.39 bits per heavy atom. The zero-order chi connectivity index (χ0) is 25.4. The summed E-state index contributed by atoms with van der Waals surface area (Å²) < 4.78 is 12.2. The van der Waals surface area contributed by atoms with E-state index in [0.29, 0.717) is 28.8 Å². The van der Waals surface area contributed by atoms with Gasteiger partial charge in [0, 0.05) is 6.54 Å². The second-order valence-corrected chi connectivity index (χ2v) is 9.65. The van der Waals surface area contributed by atoms with Crippen molar-refractivity contribution in [3.63, 3.8) is 0 Å². The molecule has 5 rings (SSSR count). The lowest BCUT2D eigenvalue weighted by Crippen LogP contribution is -2.32. The minimum atomic E-state index is -0.545. The molecule has 0 saturated carbocycles. The number of para-hydroxylation sites is 1. The molecule has 1 aliphatic heterocycles. The van der Waals surface area contributed by atoms with Crippen LogP contribution in [0.25, 0.3) is 11.0 Å².